The normalized spacial score (nSPS) is 20.5. The van der Waals surface area contributed by atoms with Crippen molar-refractivity contribution in [2.45, 2.75) is 13.3 Å². The molecule has 1 heterocycles. The van der Waals surface area contributed by atoms with Crippen LogP contribution in [0.25, 0.3) is 0 Å². The van der Waals surface area contributed by atoms with Gasteiger partial charge in [-0.25, -0.2) is 0 Å². The number of rotatable bonds is 2. The van der Waals surface area contributed by atoms with E-state index in [1.807, 2.05) is 13.0 Å². The molecule has 0 spiro atoms. The predicted octanol–water partition coefficient (Wildman–Crippen LogP) is 2.45. The van der Waals surface area contributed by atoms with E-state index in [9.17, 15) is 9.90 Å². The number of hydrogen-bond acceptors (Lipinski definition) is 2. The molecule has 1 aromatic rings. The summed E-state index contributed by atoms with van der Waals surface area (Å²) < 4.78 is 0. The van der Waals surface area contributed by atoms with Crippen molar-refractivity contribution < 1.29 is 9.90 Å². The Morgan fingerprint density at radius 3 is 2.88 bits per heavy atom. The van der Waals surface area contributed by atoms with Gasteiger partial charge in [-0.3, -0.25) is 4.79 Å². The van der Waals surface area contributed by atoms with E-state index < -0.39 is 0 Å². The number of halogens is 1. The standard InChI is InChI=1S/C12H14BrNO2/c1-8-4-10(2-3-11(8)15)14-7-9(6-13)5-12(14)16/h2-4,9,15H,5-7H2,1H3. The maximum absolute atomic E-state index is 11.8. The van der Waals surface area contributed by atoms with Gasteiger partial charge in [-0.1, -0.05) is 15.9 Å². The summed E-state index contributed by atoms with van der Waals surface area (Å²) in [5.41, 5.74) is 1.68. The Bertz CT molecular complexity index is 419. The molecule has 0 saturated carbocycles. The van der Waals surface area contributed by atoms with Crippen molar-refractivity contribution in [2.75, 3.05) is 16.8 Å². The molecule has 16 heavy (non-hydrogen) atoms. The van der Waals surface area contributed by atoms with Crippen molar-refractivity contribution in [3.8, 4) is 5.75 Å². The number of nitrogens with zero attached hydrogens (tertiary/aromatic N) is 1. The number of phenols is 1. The van der Waals surface area contributed by atoms with Gasteiger partial charge >= 0.3 is 0 Å². The summed E-state index contributed by atoms with van der Waals surface area (Å²) in [5, 5.41) is 10.3. The van der Waals surface area contributed by atoms with Crippen LogP contribution in [0.5, 0.6) is 5.75 Å². The van der Waals surface area contributed by atoms with Crippen molar-refractivity contribution in [3.63, 3.8) is 0 Å². The largest absolute Gasteiger partial charge is 0.508 e. The second kappa shape index (κ2) is 4.45. The second-order valence-electron chi connectivity index (χ2n) is 4.20. The number of amides is 1. The first-order chi connectivity index (χ1) is 7.61. The Labute approximate surface area is 103 Å². The zero-order chi connectivity index (χ0) is 11.7. The molecule has 2 rings (SSSR count). The van der Waals surface area contributed by atoms with Crippen LogP contribution in [0.1, 0.15) is 12.0 Å². The SMILES string of the molecule is Cc1cc(N2CC(CBr)CC2=O)ccc1O. The number of carbonyl (C=O) groups is 1. The number of benzene rings is 1. The average Bonchev–Trinajstić information content (AvgIpc) is 2.64. The van der Waals surface area contributed by atoms with Crippen molar-refractivity contribution in [2.24, 2.45) is 5.92 Å². The quantitative estimate of drug-likeness (QED) is 0.847. The smallest absolute Gasteiger partial charge is 0.227 e. The first kappa shape index (κ1) is 11.5. The maximum Gasteiger partial charge on any atom is 0.227 e. The van der Waals surface area contributed by atoms with E-state index in [0.717, 1.165) is 23.1 Å². The van der Waals surface area contributed by atoms with Crippen LogP contribution in [0, 0.1) is 12.8 Å². The molecule has 1 aliphatic heterocycles. The van der Waals surface area contributed by atoms with E-state index in [1.165, 1.54) is 0 Å². The summed E-state index contributed by atoms with van der Waals surface area (Å²) in [6.45, 7) is 2.59. The topological polar surface area (TPSA) is 40.5 Å². The van der Waals surface area contributed by atoms with E-state index in [4.69, 9.17) is 0 Å². The van der Waals surface area contributed by atoms with Gasteiger partial charge < -0.3 is 10.0 Å². The van der Waals surface area contributed by atoms with Gasteiger partial charge in [0.1, 0.15) is 5.75 Å². The van der Waals surface area contributed by atoms with Crippen LogP contribution >= 0.6 is 15.9 Å². The van der Waals surface area contributed by atoms with Gasteiger partial charge in [0.15, 0.2) is 0 Å². The maximum atomic E-state index is 11.8. The van der Waals surface area contributed by atoms with Crippen molar-refractivity contribution in [1.29, 1.82) is 0 Å². The number of aromatic hydroxyl groups is 1. The van der Waals surface area contributed by atoms with Gasteiger partial charge in [-0.05, 0) is 36.6 Å². The van der Waals surface area contributed by atoms with Crippen molar-refractivity contribution in [1.82, 2.24) is 0 Å². The van der Waals surface area contributed by atoms with Gasteiger partial charge in [0, 0.05) is 24.0 Å². The fourth-order valence-corrected chi connectivity index (χ4v) is 2.38. The molecule has 0 bridgehead atoms. The summed E-state index contributed by atoms with van der Waals surface area (Å²) in [7, 11) is 0. The van der Waals surface area contributed by atoms with Gasteiger partial charge in [-0.2, -0.15) is 0 Å². The van der Waals surface area contributed by atoms with Crippen LogP contribution in [0.3, 0.4) is 0 Å². The summed E-state index contributed by atoms with van der Waals surface area (Å²) >= 11 is 3.41. The molecular formula is C12H14BrNO2. The van der Waals surface area contributed by atoms with Crippen molar-refractivity contribution >= 4 is 27.5 Å². The molecule has 0 radical (unpaired) electrons. The number of phenolic OH excluding ortho intramolecular Hbond substituents is 1. The molecular weight excluding hydrogens is 270 g/mol. The number of hydrogen-bond donors (Lipinski definition) is 1. The Morgan fingerprint density at radius 1 is 1.56 bits per heavy atom. The summed E-state index contributed by atoms with van der Waals surface area (Å²) in [6, 6.07) is 5.28. The minimum Gasteiger partial charge on any atom is -0.508 e. The zero-order valence-electron chi connectivity index (χ0n) is 9.11. The highest BCUT2D eigenvalue weighted by molar-refractivity contribution is 9.09. The lowest BCUT2D eigenvalue weighted by molar-refractivity contribution is -0.117. The van der Waals surface area contributed by atoms with Crippen LogP contribution < -0.4 is 4.90 Å². The van der Waals surface area contributed by atoms with E-state index in [2.05, 4.69) is 15.9 Å². The second-order valence-corrected chi connectivity index (χ2v) is 4.85. The summed E-state index contributed by atoms with van der Waals surface area (Å²) in [4.78, 5) is 13.6. The molecule has 1 saturated heterocycles. The summed E-state index contributed by atoms with van der Waals surface area (Å²) in [6.07, 6.45) is 0.602. The number of alkyl halides is 1. The molecule has 1 amide bonds. The van der Waals surface area contributed by atoms with Gasteiger partial charge in [0.25, 0.3) is 0 Å². The Morgan fingerprint density at radius 2 is 2.31 bits per heavy atom. The summed E-state index contributed by atoms with van der Waals surface area (Å²) in [5.74, 6) is 0.823. The van der Waals surface area contributed by atoms with Crippen LogP contribution in [0.15, 0.2) is 18.2 Å². The molecule has 86 valence electrons. The van der Waals surface area contributed by atoms with E-state index >= 15 is 0 Å². The molecule has 1 aromatic carbocycles. The van der Waals surface area contributed by atoms with Gasteiger partial charge in [0.2, 0.25) is 5.91 Å². The molecule has 3 nitrogen and oxygen atoms in total. The third-order valence-corrected chi connectivity index (χ3v) is 3.83. The first-order valence-corrected chi connectivity index (χ1v) is 6.40. The molecule has 1 fully saturated rings. The molecule has 1 atom stereocenters. The Balaban J connectivity index is 2.24. The fraction of sp³-hybridized carbons (Fsp3) is 0.417. The van der Waals surface area contributed by atoms with Crippen LogP contribution in [-0.2, 0) is 4.79 Å². The predicted molar refractivity (Wildman–Crippen MR) is 67.1 cm³/mol. The van der Waals surface area contributed by atoms with Gasteiger partial charge in [0.05, 0.1) is 0 Å². The number of carbonyl (C=O) groups excluding carboxylic acids is 1. The first-order valence-electron chi connectivity index (χ1n) is 5.27. The third-order valence-electron chi connectivity index (χ3n) is 2.92. The van der Waals surface area contributed by atoms with E-state index in [0.29, 0.717) is 12.3 Å². The lowest BCUT2D eigenvalue weighted by atomic mass is 10.1. The highest BCUT2D eigenvalue weighted by atomic mass is 79.9. The molecule has 1 unspecified atom stereocenters. The molecule has 0 aromatic heterocycles. The third kappa shape index (κ3) is 2.07. The van der Waals surface area contributed by atoms with Crippen LogP contribution in [0.4, 0.5) is 5.69 Å². The highest BCUT2D eigenvalue weighted by Gasteiger charge is 2.29. The average molecular weight is 284 g/mol. The molecule has 1 N–H and O–H groups in total. The Hall–Kier alpha value is -1.03. The van der Waals surface area contributed by atoms with E-state index in [-0.39, 0.29) is 11.7 Å². The molecule has 4 heteroatoms. The fourth-order valence-electron chi connectivity index (χ4n) is 1.94. The monoisotopic (exact) mass is 283 g/mol. The number of aryl methyl sites for hydroxylation is 1. The minimum absolute atomic E-state index is 0.162. The van der Waals surface area contributed by atoms with Crippen LogP contribution in [0.2, 0.25) is 0 Å². The number of anilines is 1. The van der Waals surface area contributed by atoms with E-state index in [1.54, 1.807) is 17.0 Å². The minimum atomic E-state index is 0.162. The zero-order valence-corrected chi connectivity index (χ0v) is 10.7. The molecule has 0 aliphatic carbocycles. The van der Waals surface area contributed by atoms with Gasteiger partial charge in [-0.15, -0.1) is 0 Å². The van der Waals surface area contributed by atoms with Crippen LogP contribution in [-0.4, -0.2) is 22.9 Å². The lowest BCUT2D eigenvalue weighted by Gasteiger charge is -2.17. The highest BCUT2D eigenvalue weighted by Crippen LogP contribution is 2.29. The molecule has 1 aliphatic rings. The van der Waals surface area contributed by atoms with Crippen molar-refractivity contribution in [3.05, 3.63) is 23.8 Å². The Kier molecular flexibility index (Phi) is 3.19. The lowest BCUT2D eigenvalue weighted by Crippen LogP contribution is -2.24.